The van der Waals surface area contributed by atoms with Crippen molar-refractivity contribution in [1.82, 2.24) is 0 Å². The molecule has 0 atom stereocenters. The van der Waals surface area contributed by atoms with Gasteiger partial charge in [-0.05, 0) is 30.5 Å². The molecule has 1 rings (SSSR count). The number of hydrogen-bond donors (Lipinski definition) is 0. The minimum atomic E-state index is 0.828. The summed E-state index contributed by atoms with van der Waals surface area (Å²) < 4.78 is 5.57. The van der Waals surface area contributed by atoms with Crippen LogP contribution < -0.4 is 4.74 Å². The number of benzene rings is 1. The van der Waals surface area contributed by atoms with E-state index >= 15 is 0 Å². The van der Waals surface area contributed by atoms with Crippen molar-refractivity contribution in [2.45, 2.75) is 26.2 Å². The zero-order valence-electron chi connectivity index (χ0n) is 8.63. The molecule has 0 bridgehead atoms. The van der Waals surface area contributed by atoms with Crippen molar-refractivity contribution in [2.24, 2.45) is 0 Å². The highest BCUT2D eigenvalue weighted by Gasteiger charge is 1.94. The van der Waals surface area contributed by atoms with E-state index in [1.54, 1.807) is 0 Å². The Balaban J connectivity index is 2.38. The van der Waals surface area contributed by atoms with Gasteiger partial charge in [0, 0.05) is 5.33 Å². The summed E-state index contributed by atoms with van der Waals surface area (Å²) in [5.41, 5.74) is 1.35. The molecule has 0 aliphatic carbocycles. The molecule has 0 fully saturated rings. The molecule has 0 aliphatic rings. The van der Waals surface area contributed by atoms with Gasteiger partial charge in [0.25, 0.3) is 0 Å². The Labute approximate surface area is 94.6 Å². The second-order valence-electron chi connectivity index (χ2n) is 3.28. The smallest absolute Gasteiger partial charge is 0.119 e. The summed E-state index contributed by atoms with van der Waals surface area (Å²) in [5, 5.41) is 1.02. The van der Waals surface area contributed by atoms with Crippen molar-refractivity contribution in [2.75, 3.05) is 11.9 Å². The van der Waals surface area contributed by atoms with Crippen molar-refractivity contribution in [3.63, 3.8) is 0 Å². The van der Waals surface area contributed by atoms with Gasteiger partial charge in [-0.25, -0.2) is 0 Å². The Kier molecular flexibility index (Phi) is 5.69. The Morgan fingerprint density at radius 1 is 1.21 bits per heavy atom. The van der Waals surface area contributed by atoms with Gasteiger partial charge in [0.1, 0.15) is 5.75 Å². The molecule has 14 heavy (non-hydrogen) atoms. The monoisotopic (exact) mass is 256 g/mol. The van der Waals surface area contributed by atoms with Crippen LogP contribution in [0.15, 0.2) is 24.3 Å². The van der Waals surface area contributed by atoms with Crippen LogP contribution in [0.4, 0.5) is 0 Å². The minimum absolute atomic E-state index is 0.828. The topological polar surface area (TPSA) is 9.23 Å². The second-order valence-corrected chi connectivity index (χ2v) is 4.08. The molecule has 0 spiro atoms. The van der Waals surface area contributed by atoms with E-state index in [9.17, 15) is 0 Å². The maximum Gasteiger partial charge on any atom is 0.119 e. The standard InChI is InChI=1S/C12H17BrO/c1-2-3-10-14-12-6-4-11(5-7-12)8-9-13/h4-7H,2-3,8-10H2,1H3. The molecule has 0 aliphatic heterocycles. The van der Waals surface area contributed by atoms with Gasteiger partial charge in [0.2, 0.25) is 0 Å². The fraction of sp³-hybridized carbons (Fsp3) is 0.500. The van der Waals surface area contributed by atoms with Crippen LogP contribution in [0.25, 0.3) is 0 Å². The number of halogens is 1. The third-order valence-electron chi connectivity index (χ3n) is 2.07. The molecule has 1 aromatic carbocycles. The molecule has 1 aromatic rings. The van der Waals surface area contributed by atoms with Crippen LogP contribution in [0.2, 0.25) is 0 Å². The molecular formula is C12H17BrO. The van der Waals surface area contributed by atoms with Crippen LogP contribution in [0, 0.1) is 0 Å². The van der Waals surface area contributed by atoms with Crippen molar-refractivity contribution < 1.29 is 4.74 Å². The highest BCUT2D eigenvalue weighted by molar-refractivity contribution is 9.09. The molecule has 1 nitrogen and oxygen atoms in total. The number of aryl methyl sites for hydroxylation is 1. The molecule has 0 radical (unpaired) electrons. The summed E-state index contributed by atoms with van der Waals surface area (Å²) in [6.45, 7) is 3.00. The number of hydrogen-bond acceptors (Lipinski definition) is 1. The number of rotatable bonds is 6. The fourth-order valence-electron chi connectivity index (χ4n) is 1.20. The van der Waals surface area contributed by atoms with Gasteiger partial charge in [-0.3, -0.25) is 0 Å². The van der Waals surface area contributed by atoms with Crippen LogP contribution >= 0.6 is 15.9 Å². The summed E-state index contributed by atoms with van der Waals surface area (Å²) in [6, 6.07) is 8.35. The van der Waals surface area contributed by atoms with E-state index in [1.807, 2.05) is 12.1 Å². The van der Waals surface area contributed by atoms with E-state index in [4.69, 9.17) is 4.74 Å². The Morgan fingerprint density at radius 3 is 2.50 bits per heavy atom. The molecule has 0 unspecified atom stereocenters. The van der Waals surface area contributed by atoms with Crippen molar-refractivity contribution in [1.29, 1.82) is 0 Å². The lowest BCUT2D eigenvalue weighted by molar-refractivity contribution is 0.309. The van der Waals surface area contributed by atoms with E-state index in [1.165, 1.54) is 12.0 Å². The molecule has 2 heteroatoms. The Morgan fingerprint density at radius 2 is 1.93 bits per heavy atom. The molecule has 0 saturated heterocycles. The van der Waals surface area contributed by atoms with Crippen LogP contribution in [0.5, 0.6) is 5.75 Å². The second kappa shape index (κ2) is 6.88. The third-order valence-corrected chi connectivity index (χ3v) is 2.47. The number of unbranched alkanes of at least 4 members (excludes halogenated alkanes) is 1. The summed E-state index contributed by atoms with van der Waals surface area (Å²) >= 11 is 3.42. The average Bonchev–Trinajstić information content (AvgIpc) is 2.21. The molecule has 0 heterocycles. The first-order valence-corrected chi connectivity index (χ1v) is 6.26. The number of alkyl halides is 1. The lowest BCUT2D eigenvalue weighted by Crippen LogP contribution is -1.96. The quantitative estimate of drug-likeness (QED) is 0.556. The average molecular weight is 257 g/mol. The molecule has 0 aromatic heterocycles. The lowest BCUT2D eigenvalue weighted by atomic mass is 10.2. The van der Waals surface area contributed by atoms with Gasteiger partial charge in [0.05, 0.1) is 6.61 Å². The summed E-state index contributed by atoms with van der Waals surface area (Å²) in [6.07, 6.45) is 3.39. The SMILES string of the molecule is CCCCOc1ccc(CCBr)cc1. The fourth-order valence-corrected chi connectivity index (χ4v) is 1.65. The van der Waals surface area contributed by atoms with Crippen LogP contribution in [-0.2, 0) is 6.42 Å². The zero-order valence-corrected chi connectivity index (χ0v) is 10.2. The van der Waals surface area contributed by atoms with Crippen molar-refractivity contribution in [3.8, 4) is 5.75 Å². The molecule has 0 saturated carbocycles. The Bertz CT molecular complexity index is 243. The van der Waals surface area contributed by atoms with E-state index in [0.717, 1.165) is 30.5 Å². The zero-order chi connectivity index (χ0) is 10.2. The van der Waals surface area contributed by atoms with E-state index in [-0.39, 0.29) is 0 Å². The minimum Gasteiger partial charge on any atom is -0.494 e. The summed E-state index contributed by atoms with van der Waals surface area (Å²) in [5.74, 6) is 0.983. The first-order chi connectivity index (χ1) is 6.86. The maximum atomic E-state index is 5.57. The maximum absolute atomic E-state index is 5.57. The predicted octanol–water partition coefficient (Wildman–Crippen LogP) is 3.80. The number of ether oxygens (including phenoxy) is 1. The van der Waals surface area contributed by atoms with Crippen molar-refractivity contribution in [3.05, 3.63) is 29.8 Å². The lowest BCUT2D eigenvalue weighted by Gasteiger charge is -2.05. The predicted molar refractivity (Wildman–Crippen MR) is 64.3 cm³/mol. The normalized spacial score (nSPS) is 10.1. The largest absolute Gasteiger partial charge is 0.494 e. The summed E-state index contributed by atoms with van der Waals surface area (Å²) in [7, 11) is 0. The molecular weight excluding hydrogens is 240 g/mol. The van der Waals surface area contributed by atoms with E-state index < -0.39 is 0 Å². The van der Waals surface area contributed by atoms with Gasteiger partial charge in [0.15, 0.2) is 0 Å². The van der Waals surface area contributed by atoms with Gasteiger partial charge in [-0.15, -0.1) is 0 Å². The van der Waals surface area contributed by atoms with Crippen LogP contribution in [-0.4, -0.2) is 11.9 Å². The molecule has 78 valence electrons. The van der Waals surface area contributed by atoms with Gasteiger partial charge < -0.3 is 4.74 Å². The highest BCUT2D eigenvalue weighted by Crippen LogP contribution is 2.13. The van der Waals surface area contributed by atoms with Crippen LogP contribution in [0.1, 0.15) is 25.3 Å². The first-order valence-electron chi connectivity index (χ1n) is 5.14. The van der Waals surface area contributed by atoms with E-state index in [0.29, 0.717) is 0 Å². The molecule has 0 amide bonds. The van der Waals surface area contributed by atoms with Gasteiger partial charge in [-0.1, -0.05) is 41.4 Å². The highest BCUT2D eigenvalue weighted by atomic mass is 79.9. The van der Waals surface area contributed by atoms with E-state index in [2.05, 4.69) is 35.0 Å². The Hall–Kier alpha value is -0.500. The van der Waals surface area contributed by atoms with Crippen LogP contribution in [0.3, 0.4) is 0 Å². The first kappa shape index (κ1) is 11.6. The van der Waals surface area contributed by atoms with Gasteiger partial charge >= 0.3 is 0 Å². The third kappa shape index (κ3) is 4.14. The van der Waals surface area contributed by atoms with Gasteiger partial charge in [-0.2, -0.15) is 0 Å². The summed E-state index contributed by atoms with van der Waals surface area (Å²) in [4.78, 5) is 0. The molecule has 0 N–H and O–H groups in total. The van der Waals surface area contributed by atoms with Crippen molar-refractivity contribution >= 4 is 15.9 Å².